The molecule has 0 saturated carbocycles. The molecule has 0 radical (unpaired) electrons. The molecule has 0 amide bonds. The van der Waals surface area contributed by atoms with Crippen molar-refractivity contribution < 1.29 is 0 Å². The van der Waals surface area contributed by atoms with Gasteiger partial charge in [0.1, 0.15) is 0 Å². The van der Waals surface area contributed by atoms with Gasteiger partial charge in [-0.15, -0.1) is 0 Å². The quantitative estimate of drug-likeness (QED) is 0.910. The summed E-state index contributed by atoms with van der Waals surface area (Å²) in [6.45, 7) is 7.08. The molecule has 1 aromatic heterocycles. The molecule has 0 aliphatic carbocycles. The van der Waals surface area contributed by atoms with Gasteiger partial charge in [-0.25, -0.2) is 0 Å². The van der Waals surface area contributed by atoms with Gasteiger partial charge in [0.05, 0.1) is 11.2 Å². The Morgan fingerprint density at radius 3 is 2.95 bits per heavy atom. The minimum Gasteiger partial charge on any atom is -0.330 e. The molecular formula is C15H22N4. The Morgan fingerprint density at radius 1 is 1.37 bits per heavy atom. The summed E-state index contributed by atoms with van der Waals surface area (Å²) in [5.74, 6) is 0.666. The molecule has 0 spiro atoms. The summed E-state index contributed by atoms with van der Waals surface area (Å²) in [5.41, 5.74) is 8.21. The van der Waals surface area contributed by atoms with E-state index in [4.69, 9.17) is 10.8 Å². The fraction of sp³-hybridized carbons (Fsp3) is 0.533. The smallest absolute Gasteiger partial charge is 0.0843 e. The van der Waals surface area contributed by atoms with Gasteiger partial charge in [0.2, 0.25) is 0 Å². The van der Waals surface area contributed by atoms with Crippen molar-refractivity contribution in [3.05, 3.63) is 30.0 Å². The van der Waals surface area contributed by atoms with E-state index in [1.54, 1.807) is 0 Å². The largest absolute Gasteiger partial charge is 0.330 e. The summed E-state index contributed by atoms with van der Waals surface area (Å²) in [6.07, 6.45) is 1.23. The van der Waals surface area contributed by atoms with Gasteiger partial charge in [-0.1, -0.05) is 18.2 Å². The zero-order chi connectivity index (χ0) is 13.2. The number of aryl methyl sites for hydroxylation is 1. The van der Waals surface area contributed by atoms with Crippen LogP contribution < -0.4 is 5.73 Å². The van der Waals surface area contributed by atoms with Crippen LogP contribution in [0, 0.1) is 5.92 Å². The van der Waals surface area contributed by atoms with E-state index in [1.807, 2.05) is 0 Å². The Bertz CT molecular complexity index is 560. The van der Waals surface area contributed by atoms with Crippen LogP contribution in [0.2, 0.25) is 0 Å². The number of benzene rings is 1. The van der Waals surface area contributed by atoms with E-state index < -0.39 is 0 Å². The molecular weight excluding hydrogens is 236 g/mol. The van der Waals surface area contributed by atoms with Crippen LogP contribution in [-0.2, 0) is 13.1 Å². The minimum atomic E-state index is 0.666. The van der Waals surface area contributed by atoms with Crippen LogP contribution in [-0.4, -0.2) is 34.3 Å². The van der Waals surface area contributed by atoms with Crippen LogP contribution in [0.15, 0.2) is 24.3 Å². The topological polar surface area (TPSA) is 47.1 Å². The SMILES string of the molecule is CCn1nc(CN2CCC(CN)C2)c2ccccc21. The second kappa shape index (κ2) is 5.31. The first-order valence-electron chi connectivity index (χ1n) is 7.18. The number of nitrogens with zero attached hydrogens (tertiary/aromatic N) is 3. The van der Waals surface area contributed by atoms with Crippen LogP contribution in [0.5, 0.6) is 0 Å². The third-order valence-electron chi connectivity index (χ3n) is 4.11. The lowest BCUT2D eigenvalue weighted by Crippen LogP contribution is -2.23. The lowest BCUT2D eigenvalue weighted by Gasteiger charge is -2.14. The van der Waals surface area contributed by atoms with Gasteiger partial charge in [-0.05, 0) is 38.4 Å². The fourth-order valence-electron chi connectivity index (χ4n) is 3.01. The Morgan fingerprint density at radius 2 is 2.21 bits per heavy atom. The fourth-order valence-corrected chi connectivity index (χ4v) is 3.01. The molecule has 102 valence electrons. The van der Waals surface area contributed by atoms with Gasteiger partial charge >= 0.3 is 0 Å². The number of rotatable bonds is 4. The van der Waals surface area contributed by atoms with E-state index in [1.165, 1.54) is 23.0 Å². The Labute approximate surface area is 114 Å². The number of likely N-dealkylation sites (tertiary alicyclic amines) is 1. The molecule has 1 atom stereocenters. The standard InChI is InChI=1S/C15H22N4/c1-2-19-15-6-4-3-5-13(15)14(17-19)11-18-8-7-12(9-16)10-18/h3-6,12H,2,7-11,16H2,1H3. The zero-order valence-electron chi connectivity index (χ0n) is 11.5. The molecule has 2 heterocycles. The van der Waals surface area contributed by atoms with Crippen molar-refractivity contribution in [1.29, 1.82) is 0 Å². The minimum absolute atomic E-state index is 0.666. The number of aromatic nitrogens is 2. The summed E-state index contributed by atoms with van der Waals surface area (Å²) in [5, 5.41) is 6.06. The van der Waals surface area contributed by atoms with Crippen LogP contribution in [0.1, 0.15) is 19.0 Å². The highest BCUT2D eigenvalue weighted by Gasteiger charge is 2.22. The molecule has 4 nitrogen and oxygen atoms in total. The van der Waals surface area contributed by atoms with E-state index in [2.05, 4.69) is 40.8 Å². The summed E-state index contributed by atoms with van der Waals surface area (Å²) in [4.78, 5) is 2.48. The average molecular weight is 258 g/mol. The van der Waals surface area contributed by atoms with Crippen molar-refractivity contribution in [1.82, 2.24) is 14.7 Å². The lowest BCUT2D eigenvalue weighted by atomic mass is 10.1. The summed E-state index contributed by atoms with van der Waals surface area (Å²) in [7, 11) is 0. The molecule has 4 heteroatoms. The molecule has 1 saturated heterocycles. The monoisotopic (exact) mass is 258 g/mol. The van der Waals surface area contributed by atoms with E-state index >= 15 is 0 Å². The zero-order valence-corrected chi connectivity index (χ0v) is 11.5. The molecule has 1 unspecified atom stereocenters. The molecule has 1 aliphatic rings. The Hall–Kier alpha value is -1.39. The number of para-hydroxylation sites is 1. The van der Waals surface area contributed by atoms with E-state index in [9.17, 15) is 0 Å². The van der Waals surface area contributed by atoms with Crippen molar-refractivity contribution >= 4 is 10.9 Å². The van der Waals surface area contributed by atoms with E-state index in [-0.39, 0.29) is 0 Å². The summed E-state index contributed by atoms with van der Waals surface area (Å²) < 4.78 is 2.10. The number of hydrogen-bond donors (Lipinski definition) is 1. The highest BCUT2D eigenvalue weighted by molar-refractivity contribution is 5.81. The van der Waals surface area contributed by atoms with Gasteiger partial charge in [-0.3, -0.25) is 9.58 Å². The second-order valence-electron chi connectivity index (χ2n) is 5.41. The highest BCUT2D eigenvalue weighted by Crippen LogP contribution is 2.22. The normalized spacial score (nSPS) is 20.4. The van der Waals surface area contributed by atoms with Gasteiger partial charge in [-0.2, -0.15) is 5.10 Å². The molecule has 2 N–H and O–H groups in total. The molecule has 1 fully saturated rings. The molecule has 1 aliphatic heterocycles. The molecule has 1 aromatic carbocycles. The molecule has 3 rings (SSSR count). The van der Waals surface area contributed by atoms with Gasteiger partial charge in [0.15, 0.2) is 0 Å². The maximum absolute atomic E-state index is 5.76. The third kappa shape index (κ3) is 2.38. The molecule has 19 heavy (non-hydrogen) atoms. The number of fused-ring (bicyclic) bond motifs is 1. The maximum Gasteiger partial charge on any atom is 0.0843 e. The third-order valence-corrected chi connectivity index (χ3v) is 4.11. The highest BCUT2D eigenvalue weighted by atomic mass is 15.3. The predicted octanol–water partition coefficient (Wildman–Crippen LogP) is 1.84. The number of hydrogen-bond acceptors (Lipinski definition) is 3. The van der Waals surface area contributed by atoms with Crippen molar-refractivity contribution in [3.8, 4) is 0 Å². The maximum atomic E-state index is 5.76. The first kappa shape index (κ1) is 12.6. The molecule has 2 aromatic rings. The van der Waals surface area contributed by atoms with Crippen LogP contribution in [0.3, 0.4) is 0 Å². The van der Waals surface area contributed by atoms with Crippen molar-refractivity contribution in [2.24, 2.45) is 11.7 Å². The summed E-state index contributed by atoms with van der Waals surface area (Å²) in [6, 6.07) is 8.52. The first-order chi connectivity index (χ1) is 9.31. The lowest BCUT2D eigenvalue weighted by molar-refractivity contribution is 0.313. The van der Waals surface area contributed by atoms with Crippen LogP contribution in [0.4, 0.5) is 0 Å². The van der Waals surface area contributed by atoms with Crippen LogP contribution >= 0.6 is 0 Å². The second-order valence-corrected chi connectivity index (χ2v) is 5.41. The van der Waals surface area contributed by atoms with Crippen molar-refractivity contribution in [2.75, 3.05) is 19.6 Å². The van der Waals surface area contributed by atoms with E-state index in [0.29, 0.717) is 5.92 Å². The number of nitrogens with two attached hydrogens (primary N) is 1. The average Bonchev–Trinajstić information content (AvgIpc) is 3.04. The molecule has 0 bridgehead atoms. The predicted molar refractivity (Wildman–Crippen MR) is 77.8 cm³/mol. The van der Waals surface area contributed by atoms with Crippen LogP contribution in [0.25, 0.3) is 10.9 Å². The van der Waals surface area contributed by atoms with Crippen molar-refractivity contribution in [3.63, 3.8) is 0 Å². The Balaban J connectivity index is 1.85. The van der Waals surface area contributed by atoms with Gasteiger partial charge in [0, 0.05) is 25.0 Å². The van der Waals surface area contributed by atoms with Crippen molar-refractivity contribution in [2.45, 2.75) is 26.4 Å². The van der Waals surface area contributed by atoms with E-state index in [0.717, 1.165) is 32.7 Å². The van der Waals surface area contributed by atoms with Gasteiger partial charge in [0.25, 0.3) is 0 Å². The first-order valence-corrected chi connectivity index (χ1v) is 7.18. The Kier molecular flexibility index (Phi) is 3.53. The summed E-state index contributed by atoms with van der Waals surface area (Å²) >= 11 is 0. The van der Waals surface area contributed by atoms with Gasteiger partial charge < -0.3 is 5.73 Å².